The number of nitrogens with one attached hydrogen (secondary N) is 1. The zero-order chi connectivity index (χ0) is 20.7. The Bertz CT molecular complexity index is 1120. The second-order valence-electron chi connectivity index (χ2n) is 8.25. The third-order valence-corrected chi connectivity index (χ3v) is 6.45. The summed E-state index contributed by atoms with van der Waals surface area (Å²) < 4.78 is 0. The Hall–Kier alpha value is -2.91. The first kappa shape index (κ1) is 19.1. The molecule has 150 valence electrons. The normalized spacial score (nSPS) is 22.9. The number of carbonyl (C=O) groups excluding carboxylic acids is 1. The van der Waals surface area contributed by atoms with Crippen molar-refractivity contribution in [2.24, 2.45) is 10.9 Å². The van der Waals surface area contributed by atoms with Crippen LogP contribution in [0.25, 0.3) is 0 Å². The monoisotopic (exact) mass is 414 g/mol. The molecule has 0 radical (unpaired) electrons. The van der Waals surface area contributed by atoms with Crippen LogP contribution < -0.4 is 5.32 Å². The summed E-state index contributed by atoms with van der Waals surface area (Å²) in [4.78, 5) is 18.5. The number of hydrogen-bond donors (Lipinski definition) is 1. The van der Waals surface area contributed by atoms with Crippen molar-refractivity contribution in [3.63, 3.8) is 0 Å². The maximum absolute atomic E-state index is 13.5. The molecule has 3 aromatic carbocycles. The fraction of sp³-hybridized carbons (Fsp3) is 0.231. The maximum Gasteiger partial charge on any atom is 0.144 e. The van der Waals surface area contributed by atoms with Crippen LogP contribution in [-0.2, 0) is 4.79 Å². The molecular formula is C26H23ClN2O. The van der Waals surface area contributed by atoms with E-state index in [1.165, 1.54) is 5.56 Å². The number of Topliss-reactive ketones (excluding diaryl/α,β-unsaturated/α-hetero) is 1. The van der Waals surface area contributed by atoms with Gasteiger partial charge in [0.25, 0.3) is 0 Å². The number of aliphatic imine (C=N–C) groups is 1. The number of carbonyl (C=O) groups is 1. The van der Waals surface area contributed by atoms with Gasteiger partial charge >= 0.3 is 0 Å². The lowest BCUT2D eigenvalue weighted by molar-refractivity contribution is -0.122. The van der Waals surface area contributed by atoms with Gasteiger partial charge in [-0.2, -0.15) is 0 Å². The van der Waals surface area contributed by atoms with Crippen molar-refractivity contribution < 1.29 is 4.79 Å². The van der Waals surface area contributed by atoms with Crippen LogP contribution >= 0.6 is 11.6 Å². The van der Waals surface area contributed by atoms with Crippen molar-refractivity contribution >= 4 is 34.5 Å². The van der Waals surface area contributed by atoms with Gasteiger partial charge in [-0.1, -0.05) is 65.7 Å². The molecule has 1 N–H and O–H groups in total. The lowest BCUT2D eigenvalue weighted by Crippen LogP contribution is -2.38. The van der Waals surface area contributed by atoms with Gasteiger partial charge < -0.3 is 5.32 Å². The van der Waals surface area contributed by atoms with Crippen molar-refractivity contribution in [3.05, 3.63) is 94.5 Å². The number of ketones is 1. The van der Waals surface area contributed by atoms with Gasteiger partial charge in [0.05, 0.1) is 23.3 Å². The first-order valence-electron chi connectivity index (χ1n) is 10.4. The van der Waals surface area contributed by atoms with Crippen LogP contribution in [-0.4, -0.2) is 11.5 Å². The SMILES string of the molecule is Cc1ccc([C@H]2Nc3ccccc3N=C3C[C@H](c4ccc(Cl)cc4)CC(=O)[C@H]32)cc1. The molecule has 0 saturated heterocycles. The lowest BCUT2D eigenvalue weighted by Gasteiger charge is -2.34. The summed E-state index contributed by atoms with van der Waals surface area (Å²) >= 11 is 6.07. The molecule has 4 heteroatoms. The van der Waals surface area contributed by atoms with E-state index in [0.29, 0.717) is 11.4 Å². The highest BCUT2D eigenvalue weighted by Crippen LogP contribution is 2.44. The second-order valence-corrected chi connectivity index (χ2v) is 8.69. The van der Waals surface area contributed by atoms with Gasteiger partial charge in [-0.05, 0) is 54.7 Å². The molecular weight excluding hydrogens is 392 g/mol. The smallest absolute Gasteiger partial charge is 0.144 e. The Balaban J connectivity index is 1.58. The molecule has 0 bridgehead atoms. The highest BCUT2D eigenvalue weighted by molar-refractivity contribution is 6.30. The van der Waals surface area contributed by atoms with E-state index in [1.807, 2.05) is 48.5 Å². The third kappa shape index (κ3) is 3.54. The van der Waals surface area contributed by atoms with Crippen LogP contribution in [0.4, 0.5) is 11.4 Å². The van der Waals surface area contributed by atoms with Gasteiger partial charge in [0.15, 0.2) is 0 Å². The summed E-state index contributed by atoms with van der Waals surface area (Å²) in [7, 11) is 0. The summed E-state index contributed by atoms with van der Waals surface area (Å²) in [6.07, 6.45) is 1.29. The number of halogens is 1. The van der Waals surface area contributed by atoms with Crippen LogP contribution in [0.5, 0.6) is 0 Å². The molecule has 0 unspecified atom stereocenters. The predicted molar refractivity (Wildman–Crippen MR) is 123 cm³/mol. The first-order chi connectivity index (χ1) is 14.6. The summed E-state index contributed by atoms with van der Waals surface area (Å²) in [5.74, 6) is 0.114. The fourth-order valence-electron chi connectivity index (χ4n) is 4.62. The van der Waals surface area contributed by atoms with Gasteiger partial charge in [-0.3, -0.25) is 9.79 Å². The largest absolute Gasteiger partial charge is 0.375 e. The van der Waals surface area contributed by atoms with Crippen molar-refractivity contribution in [2.75, 3.05) is 5.32 Å². The summed E-state index contributed by atoms with van der Waals surface area (Å²) in [6.45, 7) is 2.08. The fourth-order valence-corrected chi connectivity index (χ4v) is 4.75. The molecule has 3 atom stereocenters. The molecule has 1 aliphatic carbocycles. The van der Waals surface area contributed by atoms with Crippen molar-refractivity contribution in [3.8, 4) is 0 Å². The summed E-state index contributed by atoms with van der Waals surface area (Å²) in [6, 6.07) is 24.2. The summed E-state index contributed by atoms with van der Waals surface area (Å²) in [5, 5.41) is 4.35. The first-order valence-corrected chi connectivity index (χ1v) is 10.7. The third-order valence-electron chi connectivity index (χ3n) is 6.20. The van der Waals surface area contributed by atoms with E-state index in [4.69, 9.17) is 16.6 Å². The average Bonchev–Trinajstić information content (AvgIpc) is 2.91. The van der Waals surface area contributed by atoms with Gasteiger partial charge in [0, 0.05) is 17.2 Å². The predicted octanol–water partition coefficient (Wildman–Crippen LogP) is 6.65. The number of rotatable bonds is 2. The minimum atomic E-state index is -0.261. The molecule has 1 saturated carbocycles. The van der Waals surface area contributed by atoms with E-state index < -0.39 is 0 Å². The van der Waals surface area contributed by atoms with Crippen LogP contribution in [0.3, 0.4) is 0 Å². The summed E-state index contributed by atoms with van der Waals surface area (Å²) in [5.41, 5.74) is 6.31. The number of nitrogens with zero attached hydrogens (tertiary/aromatic N) is 1. The van der Waals surface area contributed by atoms with Gasteiger partial charge in [0.1, 0.15) is 5.78 Å². The molecule has 0 amide bonds. The van der Waals surface area contributed by atoms with E-state index in [1.54, 1.807) is 0 Å². The Morgan fingerprint density at radius 1 is 0.900 bits per heavy atom. The van der Waals surface area contributed by atoms with Crippen LogP contribution in [0.15, 0.2) is 77.8 Å². The molecule has 1 fully saturated rings. The molecule has 5 rings (SSSR count). The van der Waals surface area contributed by atoms with Crippen molar-refractivity contribution in [2.45, 2.75) is 31.7 Å². The zero-order valence-corrected chi connectivity index (χ0v) is 17.6. The number of benzene rings is 3. The van der Waals surface area contributed by atoms with Crippen molar-refractivity contribution in [1.29, 1.82) is 0 Å². The van der Waals surface area contributed by atoms with Gasteiger partial charge in [0.2, 0.25) is 0 Å². The molecule has 0 aromatic heterocycles. The van der Waals surface area contributed by atoms with Gasteiger partial charge in [-0.25, -0.2) is 0 Å². The Labute approximate surface area is 181 Å². The zero-order valence-electron chi connectivity index (χ0n) is 16.8. The number of fused-ring (bicyclic) bond motifs is 2. The van der Waals surface area contributed by atoms with Crippen molar-refractivity contribution in [1.82, 2.24) is 0 Å². The number of para-hydroxylation sites is 2. The highest BCUT2D eigenvalue weighted by atomic mass is 35.5. The Kier molecular flexibility index (Phi) is 4.92. The molecule has 1 heterocycles. The van der Waals surface area contributed by atoms with E-state index in [2.05, 4.69) is 36.5 Å². The minimum Gasteiger partial charge on any atom is -0.375 e. The minimum absolute atomic E-state index is 0.119. The molecule has 2 aliphatic rings. The van der Waals surface area contributed by atoms with Crippen LogP contribution in [0.1, 0.15) is 41.5 Å². The highest BCUT2D eigenvalue weighted by Gasteiger charge is 2.41. The molecule has 0 spiro atoms. The Morgan fingerprint density at radius 2 is 1.60 bits per heavy atom. The van der Waals surface area contributed by atoms with E-state index >= 15 is 0 Å². The van der Waals surface area contributed by atoms with E-state index in [-0.39, 0.29) is 23.7 Å². The maximum atomic E-state index is 13.5. The quantitative estimate of drug-likeness (QED) is 0.510. The Morgan fingerprint density at radius 3 is 2.37 bits per heavy atom. The average molecular weight is 415 g/mol. The van der Waals surface area contributed by atoms with E-state index in [9.17, 15) is 4.79 Å². The van der Waals surface area contributed by atoms with E-state index in [0.717, 1.165) is 34.6 Å². The molecule has 1 aliphatic heterocycles. The lowest BCUT2D eigenvalue weighted by atomic mass is 9.72. The number of anilines is 1. The molecule has 3 aromatic rings. The number of hydrogen-bond acceptors (Lipinski definition) is 3. The molecule has 30 heavy (non-hydrogen) atoms. The standard InChI is InChI=1S/C26H23ClN2O/c1-16-6-8-18(9-7-16)26-25-23(28-21-4-2-3-5-22(21)29-26)14-19(15-24(25)30)17-10-12-20(27)13-11-17/h2-13,19,25-26,29H,14-15H2,1H3/t19-,25-,26+/m0/s1. The second kappa shape index (κ2) is 7.73. The topological polar surface area (TPSA) is 41.5 Å². The molecule has 3 nitrogen and oxygen atoms in total. The van der Waals surface area contributed by atoms with Crippen LogP contribution in [0.2, 0.25) is 5.02 Å². The van der Waals surface area contributed by atoms with Gasteiger partial charge in [-0.15, -0.1) is 0 Å². The van der Waals surface area contributed by atoms with Crippen LogP contribution in [0, 0.1) is 12.8 Å². The number of aryl methyl sites for hydroxylation is 1.